The van der Waals surface area contributed by atoms with Gasteiger partial charge in [0.05, 0.1) is 6.61 Å². The molecule has 0 saturated heterocycles. The Hall–Kier alpha value is -1.19. The van der Waals surface area contributed by atoms with Crippen LogP contribution in [0.15, 0.2) is 0 Å². The summed E-state index contributed by atoms with van der Waals surface area (Å²) < 4.78 is 4.79. The van der Waals surface area contributed by atoms with Crippen LogP contribution in [0.1, 0.15) is 33.1 Å². The highest BCUT2D eigenvalue weighted by Crippen LogP contribution is 2.33. The summed E-state index contributed by atoms with van der Waals surface area (Å²) in [5, 5.41) is 0. The average molecular weight is 212 g/mol. The molecular weight excluding hydrogens is 196 g/mol. The maximum absolute atomic E-state index is 11.7. The molecule has 1 aliphatic carbocycles. The molecule has 1 atom stereocenters. The van der Waals surface area contributed by atoms with Crippen LogP contribution >= 0.6 is 0 Å². The van der Waals surface area contributed by atoms with Crippen LogP contribution in [0.2, 0.25) is 0 Å². The monoisotopic (exact) mass is 212 g/mol. The number of esters is 1. The van der Waals surface area contributed by atoms with Gasteiger partial charge in [0.15, 0.2) is 5.78 Å². The van der Waals surface area contributed by atoms with Crippen molar-refractivity contribution in [2.45, 2.75) is 33.1 Å². The zero-order valence-corrected chi connectivity index (χ0v) is 9.12. The van der Waals surface area contributed by atoms with Gasteiger partial charge >= 0.3 is 5.97 Å². The largest absolute Gasteiger partial charge is 0.465 e. The molecule has 1 unspecified atom stereocenters. The van der Waals surface area contributed by atoms with Crippen molar-refractivity contribution in [1.29, 1.82) is 0 Å². The van der Waals surface area contributed by atoms with Crippen molar-refractivity contribution in [2.75, 3.05) is 6.61 Å². The molecule has 0 spiro atoms. The van der Waals surface area contributed by atoms with Crippen molar-refractivity contribution in [1.82, 2.24) is 0 Å². The molecule has 0 bridgehead atoms. The average Bonchev–Trinajstić information content (AvgIpc) is 2.96. The molecule has 0 N–H and O–H groups in total. The molecule has 0 amide bonds. The molecule has 0 heterocycles. The molecule has 1 rings (SSSR count). The normalized spacial score (nSPS) is 16.9. The van der Waals surface area contributed by atoms with Gasteiger partial charge in [0.25, 0.3) is 0 Å². The van der Waals surface area contributed by atoms with E-state index in [4.69, 9.17) is 4.74 Å². The van der Waals surface area contributed by atoms with Crippen LogP contribution < -0.4 is 0 Å². The number of carbonyl (C=O) groups is 3. The SMILES string of the molecule is CCOC(=O)C(CC(C)=O)C(=O)C1CC1. The number of ether oxygens (including phenoxy) is 1. The molecule has 4 nitrogen and oxygen atoms in total. The highest BCUT2D eigenvalue weighted by Gasteiger charge is 2.39. The molecule has 84 valence electrons. The Morgan fingerprint density at radius 3 is 2.33 bits per heavy atom. The lowest BCUT2D eigenvalue weighted by molar-refractivity contribution is -0.153. The van der Waals surface area contributed by atoms with E-state index in [1.807, 2.05) is 0 Å². The van der Waals surface area contributed by atoms with E-state index in [0.29, 0.717) is 0 Å². The lowest BCUT2D eigenvalue weighted by Crippen LogP contribution is -2.29. The quantitative estimate of drug-likeness (QED) is 0.489. The standard InChI is InChI=1S/C11H16O4/c1-3-15-11(14)9(6-7(2)12)10(13)8-4-5-8/h8-9H,3-6H2,1-2H3. The minimum Gasteiger partial charge on any atom is -0.465 e. The minimum absolute atomic E-state index is 0.0150. The Bertz CT molecular complexity index is 278. The van der Waals surface area contributed by atoms with Crippen molar-refractivity contribution < 1.29 is 19.1 Å². The fourth-order valence-corrected chi connectivity index (χ4v) is 1.48. The molecule has 0 aliphatic heterocycles. The van der Waals surface area contributed by atoms with Gasteiger partial charge in [-0.3, -0.25) is 14.4 Å². The van der Waals surface area contributed by atoms with Crippen molar-refractivity contribution in [3.8, 4) is 0 Å². The third kappa shape index (κ3) is 3.46. The Kier molecular flexibility index (Phi) is 4.00. The van der Waals surface area contributed by atoms with E-state index in [1.165, 1.54) is 6.92 Å². The maximum atomic E-state index is 11.7. The van der Waals surface area contributed by atoms with Gasteiger partial charge in [-0.2, -0.15) is 0 Å². The van der Waals surface area contributed by atoms with Crippen LogP contribution in [0.5, 0.6) is 0 Å². The van der Waals surface area contributed by atoms with Crippen LogP contribution in [-0.2, 0) is 19.1 Å². The summed E-state index contributed by atoms with van der Waals surface area (Å²) in [4.78, 5) is 34.1. The zero-order chi connectivity index (χ0) is 11.4. The summed E-state index contributed by atoms with van der Waals surface area (Å²) in [7, 11) is 0. The first kappa shape index (κ1) is 11.9. The number of hydrogen-bond donors (Lipinski definition) is 0. The topological polar surface area (TPSA) is 60.4 Å². The summed E-state index contributed by atoms with van der Waals surface area (Å²) >= 11 is 0. The van der Waals surface area contributed by atoms with Gasteiger partial charge in [0.1, 0.15) is 11.7 Å². The first-order valence-corrected chi connectivity index (χ1v) is 5.26. The van der Waals surface area contributed by atoms with E-state index in [1.54, 1.807) is 6.92 Å². The fourth-order valence-electron chi connectivity index (χ4n) is 1.48. The molecule has 0 aromatic heterocycles. The summed E-state index contributed by atoms with van der Waals surface area (Å²) in [6, 6.07) is 0. The molecule has 0 radical (unpaired) electrons. The van der Waals surface area contributed by atoms with Gasteiger partial charge < -0.3 is 4.74 Å². The Balaban J connectivity index is 2.62. The molecular formula is C11H16O4. The number of carbonyl (C=O) groups excluding carboxylic acids is 3. The summed E-state index contributed by atoms with van der Waals surface area (Å²) in [6.45, 7) is 3.31. The second-order valence-electron chi connectivity index (χ2n) is 3.89. The van der Waals surface area contributed by atoms with Crippen LogP contribution in [0.25, 0.3) is 0 Å². The van der Waals surface area contributed by atoms with Gasteiger partial charge in [0, 0.05) is 12.3 Å². The first-order valence-electron chi connectivity index (χ1n) is 5.26. The van der Waals surface area contributed by atoms with Gasteiger partial charge in [-0.25, -0.2) is 0 Å². The van der Waals surface area contributed by atoms with Crippen LogP contribution in [0.3, 0.4) is 0 Å². The molecule has 0 aromatic carbocycles. The molecule has 1 saturated carbocycles. The van der Waals surface area contributed by atoms with Crippen LogP contribution in [0, 0.1) is 11.8 Å². The van der Waals surface area contributed by atoms with E-state index < -0.39 is 11.9 Å². The van der Waals surface area contributed by atoms with Gasteiger partial charge in [-0.15, -0.1) is 0 Å². The minimum atomic E-state index is -0.866. The Morgan fingerprint density at radius 1 is 1.33 bits per heavy atom. The number of hydrogen-bond acceptors (Lipinski definition) is 4. The molecule has 1 fully saturated rings. The van der Waals surface area contributed by atoms with Gasteiger partial charge in [0.2, 0.25) is 0 Å². The van der Waals surface area contributed by atoms with Crippen molar-refractivity contribution in [3.05, 3.63) is 0 Å². The van der Waals surface area contributed by atoms with Crippen molar-refractivity contribution >= 4 is 17.5 Å². The Morgan fingerprint density at radius 2 is 1.93 bits per heavy atom. The third-order valence-electron chi connectivity index (χ3n) is 2.39. The summed E-state index contributed by atoms with van der Waals surface area (Å²) in [5.74, 6) is -1.70. The van der Waals surface area contributed by atoms with Crippen LogP contribution in [-0.4, -0.2) is 24.1 Å². The van der Waals surface area contributed by atoms with E-state index in [-0.39, 0.29) is 30.5 Å². The molecule has 4 heteroatoms. The van der Waals surface area contributed by atoms with Gasteiger partial charge in [-0.05, 0) is 26.7 Å². The second-order valence-corrected chi connectivity index (χ2v) is 3.89. The van der Waals surface area contributed by atoms with Crippen molar-refractivity contribution in [3.63, 3.8) is 0 Å². The van der Waals surface area contributed by atoms with Crippen LogP contribution in [0.4, 0.5) is 0 Å². The molecule has 15 heavy (non-hydrogen) atoms. The summed E-state index contributed by atoms with van der Waals surface area (Å²) in [5.41, 5.74) is 0. The van der Waals surface area contributed by atoms with E-state index in [0.717, 1.165) is 12.8 Å². The highest BCUT2D eigenvalue weighted by atomic mass is 16.5. The smallest absolute Gasteiger partial charge is 0.316 e. The van der Waals surface area contributed by atoms with Gasteiger partial charge in [-0.1, -0.05) is 0 Å². The third-order valence-corrected chi connectivity index (χ3v) is 2.39. The lowest BCUT2D eigenvalue weighted by Gasteiger charge is -2.12. The van der Waals surface area contributed by atoms with Crippen molar-refractivity contribution in [2.24, 2.45) is 11.8 Å². The molecule has 1 aliphatic rings. The Labute approximate surface area is 89.0 Å². The predicted molar refractivity (Wildman–Crippen MR) is 53.2 cm³/mol. The highest BCUT2D eigenvalue weighted by molar-refractivity contribution is 6.03. The number of Topliss-reactive ketones (excluding diaryl/α,β-unsaturated/α-hetero) is 2. The predicted octanol–water partition coefficient (Wildman–Crippen LogP) is 1.12. The second kappa shape index (κ2) is 5.05. The molecule has 0 aromatic rings. The summed E-state index contributed by atoms with van der Waals surface area (Å²) in [6.07, 6.45) is 1.66. The number of ketones is 2. The number of rotatable bonds is 6. The first-order chi connectivity index (χ1) is 7.06. The zero-order valence-electron chi connectivity index (χ0n) is 9.12. The fraction of sp³-hybridized carbons (Fsp3) is 0.727. The lowest BCUT2D eigenvalue weighted by atomic mass is 9.95. The van der Waals surface area contributed by atoms with E-state index in [9.17, 15) is 14.4 Å². The maximum Gasteiger partial charge on any atom is 0.316 e. The van der Waals surface area contributed by atoms with E-state index >= 15 is 0 Å². The van der Waals surface area contributed by atoms with E-state index in [2.05, 4.69) is 0 Å².